The van der Waals surface area contributed by atoms with Crippen molar-refractivity contribution in [3.05, 3.63) is 33.4 Å². The van der Waals surface area contributed by atoms with Crippen molar-refractivity contribution >= 4 is 28.6 Å². The molecule has 0 N–H and O–H groups in total. The number of rotatable bonds is 2. The first-order valence-electron chi connectivity index (χ1n) is 8.44. The first kappa shape index (κ1) is 11.0. The maximum atomic E-state index is 12.4. The number of halogens is 1. The fourth-order valence-electron chi connectivity index (χ4n) is 3.71. The molecule has 0 amide bonds. The molecular formula is C16H20INO2. The Kier molecular flexibility index (Phi) is 3.11. The third kappa shape index (κ3) is 2.37. The number of carbonyl (C=O) groups is 1. The van der Waals surface area contributed by atoms with Crippen molar-refractivity contribution in [3.8, 4) is 0 Å². The van der Waals surface area contributed by atoms with Crippen LogP contribution in [0.5, 0.6) is 0 Å². The van der Waals surface area contributed by atoms with Crippen LogP contribution in [0.3, 0.4) is 0 Å². The number of benzene rings is 1. The monoisotopic (exact) mass is 388 g/mol. The van der Waals surface area contributed by atoms with E-state index in [0.29, 0.717) is 6.42 Å². The summed E-state index contributed by atoms with van der Waals surface area (Å²) in [5.74, 6) is -0.692. The Morgan fingerprint density at radius 2 is 2.15 bits per heavy atom. The van der Waals surface area contributed by atoms with E-state index >= 15 is 0 Å². The van der Waals surface area contributed by atoms with Gasteiger partial charge >= 0.3 is 5.97 Å². The first-order chi connectivity index (χ1) is 10.8. The molecule has 4 atom stereocenters. The highest BCUT2D eigenvalue weighted by Gasteiger charge is 2.49. The number of methoxy groups -OCH3 is 1. The number of piperidine rings is 1. The van der Waals surface area contributed by atoms with Gasteiger partial charge in [0, 0.05) is 25.7 Å². The van der Waals surface area contributed by atoms with Crippen LogP contribution in [-0.2, 0) is 9.53 Å². The number of nitrogens with zero attached hydrogens (tertiary/aromatic N) is 1. The predicted octanol–water partition coefficient (Wildman–Crippen LogP) is 3.03. The van der Waals surface area contributed by atoms with Crippen molar-refractivity contribution in [1.82, 2.24) is 4.90 Å². The lowest BCUT2D eigenvalue weighted by Gasteiger charge is -2.41. The molecule has 1 aromatic rings. The van der Waals surface area contributed by atoms with E-state index in [-0.39, 0.29) is 24.0 Å². The lowest BCUT2D eigenvalue weighted by atomic mass is 9.76. The number of carbonyl (C=O) groups excluding carboxylic acids is 1. The summed E-state index contributed by atoms with van der Waals surface area (Å²) in [6.45, 7) is -2.16. The van der Waals surface area contributed by atoms with Gasteiger partial charge < -0.3 is 4.74 Å². The third-order valence-electron chi connectivity index (χ3n) is 4.69. The molecule has 3 nitrogen and oxygen atoms in total. The number of ether oxygens (including phenoxy) is 1. The highest BCUT2D eigenvalue weighted by atomic mass is 127. The van der Waals surface area contributed by atoms with Crippen molar-refractivity contribution in [2.24, 2.45) is 5.92 Å². The molecule has 0 aliphatic carbocycles. The van der Waals surface area contributed by atoms with Crippen molar-refractivity contribution in [2.75, 3.05) is 14.1 Å². The highest BCUT2D eigenvalue weighted by Crippen LogP contribution is 2.46. The highest BCUT2D eigenvalue weighted by molar-refractivity contribution is 14.1. The predicted molar refractivity (Wildman–Crippen MR) is 86.6 cm³/mol. The standard InChI is InChI=1S/C16H20INO2/c1-18-12-7-8-14(18)15(16(19)20-2)13(9-12)10-3-5-11(17)6-4-10/h3-6,12-15H,7-9H2,1-2H3/t12-,13+,14+,15-/m0/s1/i1D3. The molecule has 2 saturated heterocycles. The van der Waals surface area contributed by atoms with Crippen LogP contribution in [0.2, 0.25) is 0 Å². The van der Waals surface area contributed by atoms with E-state index in [1.54, 1.807) is 4.90 Å². The topological polar surface area (TPSA) is 29.5 Å². The van der Waals surface area contributed by atoms with Gasteiger partial charge in [-0.2, -0.15) is 0 Å². The Bertz CT molecular complexity index is 590. The average molecular weight is 388 g/mol. The van der Waals surface area contributed by atoms with E-state index in [1.807, 2.05) is 24.3 Å². The van der Waals surface area contributed by atoms with Crippen LogP contribution < -0.4 is 0 Å². The molecule has 0 aromatic heterocycles. The van der Waals surface area contributed by atoms with Crippen molar-refractivity contribution in [3.63, 3.8) is 0 Å². The average Bonchev–Trinajstić information content (AvgIpc) is 2.82. The van der Waals surface area contributed by atoms with Gasteiger partial charge in [-0.25, -0.2) is 0 Å². The normalized spacial score (nSPS) is 36.0. The molecule has 2 heterocycles. The summed E-state index contributed by atoms with van der Waals surface area (Å²) in [7, 11) is 1.38. The second kappa shape index (κ2) is 5.64. The second-order valence-corrected chi connectivity index (χ2v) is 6.89. The van der Waals surface area contributed by atoms with Crippen molar-refractivity contribution in [1.29, 1.82) is 0 Å². The van der Waals surface area contributed by atoms with Crippen molar-refractivity contribution < 1.29 is 13.6 Å². The van der Waals surface area contributed by atoms with Crippen LogP contribution in [-0.4, -0.2) is 37.0 Å². The van der Waals surface area contributed by atoms with E-state index in [9.17, 15) is 4.79 Å². The van der Waals surface area contributed by atoms with E-state index in [2.05, 4.69) is 22.6 Å². The number of hydrogen-bond donors (Lipinski definition) is 0. The Labute approximate surface area is 138 Å². The minimum Gasteiger partial charge on any atom is -0.469 e. The van der Waals surface area contributed by atoms with Gasteiger partial charge in [-0.1, -0.05) is 12.1 Å². The summed E-state index contributed by atoms with van der Waals surface area (Å²) in [5.41, 5.74) is 1.10. The first-order valence-corrected chi connectivity index (χ1v) is 8.02. The molecule has 0 radical (unpaired) electrons. The number of fused-ring (bicyclic) bond motifs is 2. The van der Waals surface area contributed by atoms with Crippen LogP contribution in [0.15, 0.2) is 24.3 Å². The summed E-state index contributed by atoms with van der Waals surface area (Å²) in [5, 5.41) is 0. The Balaban J connectivity index is 1.98. The summed E-state index contributed by atoms with van der Waals surface area (Å²) in [4.78, 5) is 14.0. The van der Waals surface area contributed by atoms with E-state index in [0.717, 1.165) is 22.0 Å². The van der Waals surface area contributed by atoms with E-state index in [1.165, 1.54) is 7.11 Å². The van der Waals surface area contributed by atoms with Gasteiger partial charge in [-0.15, -0.1) is 0 Å². The smallest absolute Gasteiger partial charge is 0.310 e. The van der Waals surface area contributed by atoms with Gasteiger partial charge in [-0.05, 0) is 66.5 Å². The van der Waals surface area contributed by atoms with Gasteiger partial charge in [0.1, 0.15) is 0 Å². The quantitative estimate of drug-likeness (QED) is 0.576. The summed E-state index contributed by atoms with van der Waals surface area (Å²) < 4.78 is 29.6. The number of hydrogen-bond acceptors (Lipinski definition) is 3. The van der Waals surface area contributed by atoms with Crippen LogP contribution in [0.1, 0.15) is 34.9 Å². The van der Waals surface area contributed by atoms with Gasteiger partial charge in [0.2, 0.25) is 0 Å². The minimum absolute atomic E-state index is 0.0117. The molecule has 2 bridgehead atoms. The van der Waals surface area contributed by atoms with Crippen LogP contribution in [0.25, 0.3) is 0 Å². The Morgan fingerprint density at radius 3 is 2.80 bits per heavy atom. The summed E-state index contributed by atoms with van der Waals surface area (Å²) in [6, 6.07) is 7.90. The molecule has 2 aliphatic heterocycles. The summed E-state index contributed by atoms with van der Waals surface area (Å²) >= 11 is 2.25. The lowest BCUT2D eigenvalue weighted by molar-refractivity contribution is -0.150. The van der Waals surface area contributed by atoms with Gasteiger partial charge in [0.25, 0.3) is 0 Å². The van der Waals surface area contributed by atoms with Gasteiger partial charge in [-0.3, -0.25) is 9.69 Å². The molecule has 108 valence electrons. The largest absolute Gasteiger partial charge is 0.469 e. The maximum absolute atomic E-state index is 12.4. The van der Waals surface area contributed by atoms with E-state index in [4.69, 9.17) is 8.85 Å². The van der Waals surface area contributed by atoms with Crippen LogP contribution in [0.4, 0.5) is 0 Å². The molecule has 20 heavy (non-hydrogen) atoms. The molecule has 2 aliphatic rings. The zero-order valence-corrected chi connectivity index (χ0v) is 13.5. The Hall–Kier alpha value is -0.620. The van der Waals surface area contributed by atoms with Crippen LogP contribution >= 0.6 is 22.6 Å². The molecule has 0 unspecified atom stereocenters. The third-order valence-corrected chi connectivity index (χ3v) is 5.41. The molecule has 4 heteroatoms. The number of esters is 1. The molecule has 3 rings (SSSR count). The summed E-state index contributed by atoms with van der Waals surface area (Å²) in [6.07, 6.45) is 2.26. The SMILES string of the molecule is [2H]C([2H])([2H])N1[C@H]2CC[C@@H]1[C@@H](C(=O)OC)[C@@H](c1ccc(I)cc1)C2. The molecule has 1 aromatic carbocycles. The fourth-order valence-corrected chi connectivity index (χ4v) is 4.07. The fraction of sp³-hybridized carbons (Fsp3) is 0.562. The van der Waals surface area contributed by atoms with Crippen LogP contribution in [0, 0.1) is 9.49 Å². The van der Waals surface area contributed by atoms with Gasteiger partial charge in [0.05, 0.1) is 13.0 Å². The lowest BCUT2D eigenvalue weighted by Crippen LogP contribution is -2.49. The molecular weight excluding hydrogens is 365 g/mol. The maximum Gasteiger partial charge on any atom is 0.310 e. The van der Waals surface area contributed by atoms with E-state index < -0.39 is 12.9 Å². The zero-order chi connectivity index (χ0) is 16.8. The minimum atomic E-state index is -2.16. The molecule has 2 fully saturated rings. The van der Waals surface area contributed by atoms with Crippen molar-refractivity contribution in [2.45, 2.75) is 37.3 Å². The Morgan fingerprint density at radius 1 is 1.40 bits per heavy atom. The second-order valence-electron chi connectivity index (χ2n) is 5.65. The molecule has 0 spiro atoms. The molecule has 0 saturated carbocycles. The zero-order valence-electron chi connectivity index (χ0n) is 14.4. The van der Waals surface area contributed by atoms with Gasteiger partial charge in [0.15, 0.2) is 0 Å².